The van der Waals surface area contributed by atoms with Gasteiger partial charge in [-0.05, 0) is 22.0 Å². The Morgan fingerprint density at radius 2 is 2.27 bits per heavy atom. The summed E-state index contributed by atoms with van der Waals surface area (Å²) in [4.78, 5) is 12.6. The fourth-order valence-corrected chi connectivity index (χ4v) is 0.742. The van der Waals surface area contributed by atoms with Gasteiger partial charge in [-0.3, -0.25) is 4.79 Å². The van der Waals surface area contributed by atoms with Gasteiger partial charge >= 0.3 is 5.97 Å². The van der Waals surface area contributed by atoms with Crippen LogP contribution in [-0.2, 0) is 16.3 Å². The first-order chi connectivity index (χ1) is 7.12. The Morgan fingerprint density at radius 1 is 1.60 bits per heavy atom. The van der Waals surface area contributed by atoms with Gasteiger partial charge in [0.1, 0.15) is 5.41 Å². The molecule has 0 spiro atoms. The number of rotatable bonds is 5. The first-order valence-corrected chi connectivity index (χ1v) is 4.27. The lowest BCUT2D eigenvalue weighted by Gasteiger charge is -2.20. The van der Waals surface area contributed by atoms with Crippen molar-refractivity contribution >= 4 is 5.97 Å². The minimum atomic E-state index is -1.29. The van der Waals surface area contributed by atoms with Gasteiger partial charge in [0.25, 0.3) is 13.1 Å². The summed E-state index contributed by atoms with van der Waals surface area (Å²) in [5.74, 6) is -0.698. The van der Waals surface area contributed by atoms with Gasteiger partial charge in [-0.1, -0.05) is 0 Å². The Balaban J connectivity index is 2.48. The molecule has 0 aliphatic carbocycles. The van der Waals surface area contributed by atoms with Crippen molar-refractivity contribution in [2.75, 3.05) is 13.2 Å². The van der Waals surface area contributed by atoms with Crippen LogP contribution in [0.5, 0.6) is 0 Å². The number of tetrazole rings is 1. The Kier molecular flexibility index (Phi) is 3.69. The Bertz CT molecular complexity index is 309. The molecule has 0 aliphatic heterocycles. The van der Waals surface area contributed by atoms with Crippen molar-refractivity contribution in [1.29, 1.82) is 0 Å². The van der Waals surface area contributed by atoms with Gasteiger partial charge < -0.3 is 14.9 Å². The van der Waals surface area contributed by atoms with Crippen LogP contribution in [0.1, 0.15) is 6.92 Å². The number of carbonyl (C=O) groups excluding carboxylic acids is 1. The highest BCUT2D eigenvalue weighted by Crippen LogP contribution is 2.15. The molecule has 0 aliphatic rings. The lowest BCUT2D eigenvalue weighted by atomic mass is 9.93. The Labute approximate surface area is 85.5 Å². The van der Waals surface area contributed by atoms with Gasteiger partial charge in [-0.25, -0.2) is 0 Å². The normalized spacial score (nSPS) is 11.4. The van der Waals surface area contributed by atoms with Crippen molar-refractivity contribution in [1.82, 2.24) is 15.4 Å². The predicted octanol–water partition coefficient (Wildman–Crippen LogP) is -2.42. The van der Waals surface area contributed by atoms with Crippen molar-refractivity contribution in [2.45, 2.75) is 13.7 Å². The second-order valence-electron chi connectivity index (χ2n) is 3.30. The average molecular weight is 217 g/mol. The molecule has 0 amide bonds. The van der Waals surface area contributed by atoms with Crippen molar-refractivity contribution in [3.05, 3.63) is 6.33 Å². The highest BCUT2D eigenvalue weighted by atomic mass is 16.5. The number of hydrogen-bond donors (Lipinski definition) is 3. The number of aliphatic hydroxyl groups excluding tert-OH is 2. The largest absolute Gasteiger partial charge is 0.420 e. The van der Waals surface area contributed by atoms with Crippen LogP contribution in [0.25, 0.3) is 0 Å². The van der Waals surface area contributed by atoms with E-state index in [0.29, 0.717) is 0 Å². The van der Waals surface area contributed by atoms with Crippen molar-refractivity contribution in [3.63, 3.8) is 0 Å². The number of H-pyrrole nitrogens is 1. The number of esters is 1. The summed E-state index contributed by atoms with van der Waals surface area (Å²) in [5.41, 5.74) is -1.29. The first kappa shape index (κ1) is 11.5. The second kappa shape index (κ2) is 4.80. The standard InChI is InChI=1S/C7H12N4O4/c1-7(2-12,3-13)6(14)15-5-11-9-4-8-10-11/h4,12-13H,2-3,5H2,1H3/p+1. The molecule has 1 aromatic heterocycles. The molecule has 1 heterocycles. The number of hydrogen-bond acceptors (Lipinski definition) is 6. The number of aromatic nitrogens is 4. The quantitative estimate of drug-likeness (QED) is 0.374. The molecule has 0 radical (unpaired) electrons. The molecule has 0 unspecified atom stereocenters. The smallest absolute Gasteiger partial charge is 0.319 e. The number of aromatic amines is 1. The number of ether oxygens (including phenoxy) is 1. The van der Waals surface area contributed by atoms with Gasteiger partial charge in [-0.15, -0.1) is 0 Å². The van der Waals surface area contributed by atoms with Crippen molar-refractivity contribution in [2.24, 2.45) is 5.41 Å². The summed E-state index contributed by atoms with van der Waals surface area (Å²) in [7, 11) is 0. The fourth-order valence-electron chi connectivity index (χ4n) is 0.742. The lowest BCUT2D eigenvalue weighted by molar-refractivity contribution is -0.829. The van der Waals surface area contributed by atoms with Crippen LogP contribution < -0.4 is 4.80 Å². The first-order valence-electron chi connectivity index (χ1n) is 4.27. The molecular formula is C7H13N4O4+. The molecule has 84 valence electrons. The minimum absolute atomic E-state index is 0.144. The summed E-state index contributed by atoms with van der Waals surface area (Å²) in [5, 5.41) is 27.5. The van der Waals surface area contributed by atoms with Crippen LogP contribution in [0.4, 0.5) is 0 Å². The van der Waals surface area contributed by atoms with Gasteiger partial charge in [-0.2, -0.15) is 0 Å². The third-order valence-electron chi connectivity index (χ3n) is 1.93. The third-order valence-corrected chi connectivity index (χ3v) is 1.93. The molecule has 3 N–H and O–H groups in total. The molecule has 15 heavy (non-hydrogen) atoms. The van der Waals surface area contributed by atoms with E-state index in [1.807, 2.05) is 0 Å². The van der Waals surface area contributed by atoms with Crippen LogP contribution >= 0.6 is 0 Å². The molecule has 0 saturated heterocycles. The van der Waals surface area contributed by atoms with Crippen LogP contribution in [0.2, 0.25) is 0 Å². The zero-order valence-electron chi connectivity index (χ0n) is 8.25. The van der Waals surface area contributed by atoms with Crippen LogP contribution in [0.15, 0.2) is 6.33 Å². The van der Waals surface area contributed by atoms with E-state index in [1.165, 1.54) is 18.0 Å². The highest BCUT2D eigenvalue weighted by Gasteiger charge is 2.34. The van der Waals surface area contributed by atoms with E-state index >= 15 is 0 Å². The monoisotopic (exact) mass is 217 g/mol. The molecule has 0 atom stereocenters. The van der Waals surface area contributed by atoms with Gasteiger partial charge in [0, 0.05) is 0 Å². The Hall–Kier alpha value is -1.54. The van der Waals surface area contributed by atoms with Crippen molar-refractivity contribution < 1.29 is 24.5 Å². The maximum Gasteiger partial charge on any atom is 0.319 e. The zero-order valence-corrected chi connectivity index (χ0v) is 8.25. The molecule has 1 rings (SSSR count). The second-order valence-corrected chi connectivity index (χ2v) is 3.30. The van der Waals surface area contributed by atoms with Crippen LogP contribution in [-0.4, -0.2) is 44.8 Å². The molecule has 1 aromatic rings. The number of aliphatic hydroxyl groups is 2. The number of nitrogens with zero attached hydrogens (tertiary/aromatic N) is 3. The third kappa shape index (κ3) is 2.70. The summed E-state index contributed by atoms with van der Waals surface area (Å²) in [6, 6.07) is 0. The molecule has 0 bridgehead atoms. The van der Waals surface area contributed by atoms with Crippen molar-refractivity contribution in [3.8, 4) is 0 Å². The van der Waals surface area contributed by atoms with Crippen LogP contribution in [0.3, 0.4) is 0 Å². The molecule has 0 fully saturated rings. The molecule has 8 heteroatoms. The highest BCUT2D eigenvalue weighted by molar-refractivity contribution is 5.76. The van der Waals surface area contributed by atoms with Gasteiger partial charge in [0.05, 0.1) is 18.3 Å². The maximum absolute atomic E-state index is 11.4. The summed E-state index contributed by atoms with van der Waals surface area (Å²) in [6.07, 6.45) is 1.26. The zero-order chi connectivity index (χ0) is 11.3. The van der Waals surface area contributed by atoms with E-state index < -0.39 is 24.6 Å². The fraction of sp³-hybridized carbons (Fsp3) is 0.714. The van der Waals surface area contributed by atoms with E-state index in [2.05, 4.69) is 15.4 Å². The van der Waals surface area contributed by atoms with E-state index in [0.717, 1.165) is 0 Å². The maximum atomic E-state index is 11.4. The molecule has 0 saturated carbocycles. The SMILES string of the molecule is CC(CO)(CO)C(=O)OC[n+]1ncn[nH]1. The Morgan fingerprint density at radius 3 is 2.73 bits per heavy atom. The topological polar surface area (TPSA) is 112 Å². The van der Waals surface area contributed by atoms with Gasteiger partial charge in [0.2, 0.25) is 0 Å². The summed E-state index contributed by atoms with van der Waals surface area (Å²) < 4.78 is 4.80. The number of carbonyl (C=O) groups is 1. The predicted molar refractivity (Wildman–Crippen MR) is 44.9 cm³/mol. The van der Waals surface area contributed by atoms with E-state index in [1.54, 1.807) is 0 Å². The lowest BCUT2D eigenvalue weighted by Crippen LogP contribution is -2.45. The summed E-state index contributed by atoms with van der Waals surface area (Å²) >= 11 is 0. The molecule has 8 nitrogen and oxygen atoms in total. The number of nitrogens with one attached hydrogen (secondary N) is 1. The summed E-state index contributed by atoms with van der Waals surface area (Å²) in [6.45, 7) is 0.293. The van der Waals surface area contributed by atoms with Crippen LogP contribution in [0, 0.1) is 5.41 Å². The molecule has 0 aromatic carbocycles. The van der Waals surface area contributed by atoms with E-state index in [9.17, 15) is 4.79 Å². The van der Waals surface area contributed by atoms with E-state index in [-0.39, 0.29) is 6.73 Å². The van der Waals surface area contributed by atoms with E-state index in [4.69, 9.17) is 14.9 Å². The minimum Gasteiger partial charge on any atom is -0.420 e. The average Bonchev–Trinajstić information content (AvgIpc) is 2.77. The molecular weight excluding hydrogens is 204 g/mol. The van der Waals surface area contributed by atoms with Gasteiger partial charge in [0.15, 0.2) is 0 Å².